The Morgan fingerprint density at radius 2 is 1.18 bits per heavy atom. The van der Waals surface area contributed by atoms with E-state index in [1.807, 2.05) is 0 Å². The molecule has 0 aliphatic rings. The normalized spacial score (nSPS) is 9.65. The fourth-order valence-corrected chi connectivity index (χ4v) is 1.64. The topological polar surface area (TPSA) is 80.4 Å². The van der Waals surface area contributed by atoms with Crippen LogP contribution in [0.5, 0.6) is 0 Å². The van der Waals surface area contributed by atoms with Crippen LogP contribution in [0.1, 0.15) is 65.6 Å². The van der Waals surface area contributed by atoms with Crippen LogP contribution in [0.25, 0.3) is 0 Å². The molecule has 0 atom stereocenters. The Bertz CT molecular complexity index is 193. The molecule has 5 heteroatoms. The van der Waals surface area contributed by atoms with Crippen molar-refractivity contribution in [3.63, 3.8) is 0 Å². The third-order valence-electron chi connectivity index (χ3n) is 2.56. The van der Waals surface area contributed by atoms with Crippen molar-refractivity contribution in [1.82, 2.24) is 0 Å². The first-order chi connectivity index (χ1) is 7.63. The number of hydrogen-bond donors (Lipinski definition) is 2. The Morgan fingerprint density at radius 3 is 1.53 bits per heavy atom. The molecule has 0 aromatic carbocycles. The van der Waals surface area contributed by atoms with Gasteiger partial charge in [0.2, 0.25) is 5.91 Å². The third-order valence-corrected chi connectivity index (χ3v) is 2.56. The van der Waals surface area contributed by atoms with Crippen molar-refractivity contribution in [2.75, 3.05) is 0 Å². The number of aliphatic carboxylic acids is 1. The monoisotopic (exact) mass is 253 g/mol. The Labute approximate surface area is 127 Å². The second-order valence-corrected chi connectivity index (χ2v) is 4.19. The van der Waals surface area contributed by atoms with Crippen molar-refractivity contribution < 1.29 is 45.7 Å². The van der Waals surface area contributed by atoms with Crippen molar-refractivity contribution in [3.05, 3.63) is 0 Å². The maximum Gasteiger partial charge on any atom is 1.00 e. The molecule has 17 heavy (non-hydrogen) atoms. The smallest absolute Gasteiger partial charge is 1.00 e. The van der Waals surface area contributed by atoms with Crippen LogP contribution in [-0.4, -0.2) is 17.0 Å². The molecule has 3 N–H and O–H groups in total. The molecule has 4 nitrogen and oxygen atoms in total. The summed E-state index contributed by atoms with van der Waals surface area (Å²) in [4.78, 5) is 20.7. The van der Waals surface area contributed by atoms with E-state index < -0.39 is 5.97 Å². The van der Waals surface area contributed by atoms with Gasteiger partial charge in [-0.3, -0.25) is 9.59 Å². The van der Waals surface area contributed by atoms with Gasteiger partial charge >= 0.3 is 35.5 Å². The number of rotatable bonds is 11. The minimum atomic E-state index is -0.702. The maximum atomic E-state index is 10.4. The zero-order chi connectivity index (χ0) is 12.2. The molecule has 1 amide bonds. The Morgan fingerprint density at radius 1 is 0.824 bits per heavy atom. The molecule has 0 bridgehead atoms. The Kier molecular flexibility index (Phi) is 15.9. The van der Waals surface area contributed by atoms with E-state index in [1.165, 1.54) is 6.42 Å². The fraction of sp³-hybridized carbons (Fsp3) is 0.833. The summed E-state index contributed by atoms with van der Waals surface area (Å²) >= 11 is 0. The molecular weight excluding hydrogens is 229 g/mol. The minimum absolute atomic E-state index is 0. The fourth-order valence-electron chi connectivity index (χ4n) is 1.64. The molecule has 0 aliphatic carbocycles. The first-order valence-corrected chi connectivity index (χ1v) is 6.13. The summed E-state index contributed by atoms with van der Waals surface area (Å²) in [5.41, 5.74) is 5.03. The quantitative estimate of drug-likeness (QED) is 0.387. The van der Waals surface area contributed by atoms with Crippen molar-refractivity contribution in [1.29, 1.82) is 0 Å². The summed E-state index contributed by atoms with van der Waals surface area (Å²) < 4.78 is 0. The summed E-state index contributed by atoms with van der Waals surface area (Å²) in [6.07, 6.45) is 9.14. The van der Waals surface area contributed by atoms with E-state index in [2.05, 4.69) is 0 Å². The molecule has 0 aromatic heterocycles. The molecule has 0 radical (unpaired) electrons. The zero-order valence-electron chi connectivity index (χ0n) is 11.9. The van der Waals surface area contributed by atoms with Crippen LogP contribution in [0.3, 0.4) is 0 Å². The Hall–Kier alpha value is -0.0600. The van der Waals surface area contributed by atoms with Crippen LogP contribution in [-0.2, 0) is 9.59 Å². The number of unbranched alkanes of at least 4 members (excludes halogenated alkanes) is 7. The molecule has 96 valence electrons. The van der Waals surface area contributed by atoms with Gasteiger partial charge in [0.25, 0.3) is 0 Å². The standard InChI is InChI=1S/C12H23NO3.Na.H/c13-11(14)9-7-5-3-1-2-4-6-8-10-12(15)16;;/h1-10H2,(H2,13,14)(H,15,16);;/q;+1;-1. The van der Waals surface area contributed by atoms with E-state index in [4.69, 9.17) is 10.8 Å². The van der Waals surface area contributed by atoms with Crippen LogP contribution in [0.4, 0.5) is 0 Å². The zero-order valence-corrected chi connectivity index (χ0v) is 12.9. The molecule has 0 saturated carbocycles. The maximum absolute atomic E-state index is 10.4. The largest absolute Gasteiger partial charge is 1.00 e. The number of hydrogen-bond acceptors (Lipinski definition) is 2. The number of carboxylic acids is 1. The van der Waals surface area contributed by atoms with Crippen LogP contribution < -0.4 is 35.3 Å². The van der Waals surface area contributed by atoms with Crippen molar-refractivity contribution in [2.24, 2.45) is 5.73 Å². The molecule has 0 aliphatic heterocycles. The minimum Gasteiger partial charge on any atom is -1.00 e. The van der Waals surface area contributed by atoms with Crippen LogP contribution in [0.15, 0.2) is 0 Å². The number of carbonyl (C=O) groups is 2. The number of nitrogens with two attached hydrogens (primary N) is 1. The van der Waals surface area contributed by atoms with Crippen LogP contribution >= 0.6 is 0 Å². The average molecular weight is 253 g/mol. The second kappa shape index (κ2) is 14.0. The summed E-state index contributed by atoms with van der Waals surface area (Å²) in [5, 5.41) is 8.42. The van der Waals surface area contributed by atoms with Gasteiger partial charge in [-0.1, -0.05) is 38.5 Å². The van der Waals surface area contributed by atoms with E-state index in [1.54, 1.807) is 0 Å². The predicted molar refractivity (Wildman–Crippen MR) is 64.1 cm³/mol. The summed E-state index contributed by atoms with van der Waals surface area (Å²) in [5.74, 6) is -0.917. The van der Waals surface area contributed by atoms with E-state index >= 15 is 0 Å². The van der Waals surface area contributed by atoms with Gasteiger partial charge in [0.05, 0.1) is 0 Å². The summed E-state index contributed by atoms with van der Waals surface area (Å²) in [6, 6.07) is 0. The van der Waals surface area contributed by atoms with E-state index in [0.717, 1.165) is 44.9 Å². The third kappa shape index (κ3) is 18.5. The number of primary amides is 1. The average Bonchev–Trinajstić information content (AvgIpc) is 2.20. The van der Waals surface area contributed by atoms with Gasteiger partial charge in [-0.05, 0) is 12.8 Å². The first kappa shape index (κ1) is 19.3. The van der Waals surface area contributed by atoms with E-state index in [-0.39, 0.29) is 36.9 Å². The van der Waals surface area contributed by atoms with Gasteiger partial charge in [-0.25, -0.2) is 0 Å². The van der Waals surface area contributed by atoms with Gasteiger partial charge in [0, 0.05) is 12.8 Å². The number of carbonyl (C=O) groups excluding carboxylic acids is 1. The molecular formula is C12H24NNaO3. The van der Waals surface area contributed by atoms with Gasteiger partial charge < -0.3 is 12.3 Å². The van der Waals surface area contributed by atoms with Gasteiger partial charge in [-0.15, -0.1) is 0 Å². The van der Waals surface area contributed by atoms with E-state index in [9.17, 15) is 9.59 Å². The molecule has 0 saturated heterocycles. The number of amides is 1. The van der Waals surface area contributed by atoms with E-state index in [0.29, 0.717) is 12.8 Å². The SMILES string of the molecule is NC(=O)CCCCCCCCCCC(=O)O.[H-].[Na+]. The van der Waals surface area contributed by atoms with Gasteiger partial charge in [-0.2, -0.15) is 0 Å². The predicted octanol–water partition coefficient (Wildman–Crippen LogP) is -0.426. The first-order valence-electron chi connectivity index (χ1n) is 6.13. The second-order valence-electron chi connectivity index (χ2n) is 4.19. The molecule has 0 unspecified atom stereocenters. The molecule has 0 spiro atoms. The van der Waals surface area contributed by atoms with Crippen molar-refractivity contribution >= 4 is 11.9 Å². The Balaban J connectivity index is -0.00000112. The summed E-state index contributed by atoms with van der Waals surface area (Å²) in [7, 11) is 0. The molecule has 0 rings (SSSR count). The summed E-state index contributed by atoms with van der Waals surface area (Å²) in [6.45, 7) is 0. The van der Waals surface area contributed by atoms with Crippen LogP contribution in [0, 0.1) is 0 Å². The van der Waals surface area contributed by atoms with Gasteiger partial charge in [0.1, 0.15) is 0 Å². The van der Waals surface area contributed by atoms with Crippen molar-refractivity contribution in [2.45, 2.75) is 64.2 Å². The molecule has 0 aromatic rings. The van der Waals surface area contributed by atoms with Gasteiger partial charge in [0.15, 0.2) is 0 Å². The number of carboxylic acid groups (broad SMARTS) is 1. The van der Waals surface area contributed by atoms with Crippen LogP contribution in [0.2, 0.25) is 0 Å². The van der Waals surface area contributed by atoms with Crippen molar-refractivity contribution in [3.8, 4) is 0 Å². The molecule has 0 heterocycles. The molecule has 0 fully saturated rings.